The van der Waals surface area contributed by atoms with Gasteiger partial charge in [-0.2, -0.15) is 0 Å². The third-order valence-corrected chi connectivity index (χ3v) is 11.2. The second-order valence-electron chi connectivity index (χ2n) is 9.17. The lowest BCUT2D eigenvalue weighted by Crippen LogP contribution is -2.41. The summed E-state index contributed by atoms with van der Waals surface area (Å²) in [7, 11) is -3.58. The van der Waals surface area contributed by atoms with E-state index in [0.29, 0.717) is 0 Å². The van der Waals surface area contributed by atoms with Gasteiger partial charge in [-0.05, 0) is 44.5 Å². The molecule has 0 radical (unpaired) electrons. The highest BCUT2D eigenvalue weighted by atomic mass is 32.2. The Bertz CT molecular complexity index is 1370. The van der Waals surface area contributed by atoms with Crippen LogP contribution in [0.15, 0.2) is 97.1 Å². The monoisotopic (exact) mass is 418 g/mol. The van der Waals surface area contributed by atoms with E-state index < -0.39 is 19.3 Å². The molecule has 31 heavy (non-hydrogen) atoms. The zero-order valence-corrected chi connectivity index (χ0v) is 17.4. The fourth-order valence-corrected chi connectivity index (χ4v) is 10.8. The van der Waals surface area contributed by atoms with Crippen molar-refractivity contribution in [3.8, 4) is 0 Å². The minimum Gasteiger partial charge on any atom is -0.226 e. The first kappa shape index (κ1) is 16.5. The van der Waals surface area contributed by atoms with Crippen molar-refractivity contribution in [1.82, 2.24) is 0 Å². The van der Waals surface area contributed by atoms with Crippen LogP contribution in [0.2, 0.25) is 0 Å². The molecule has 1 aliphatic heterocycles. The van der Waals surface area contributed by atoms with Crippen LogP contribution in [0.4, 0.5) is 0 Å². The molecular weight excluding hydrogens is 400 g/mol. The van der Waals surface area contributed by atoms with Gasteiger partial charge in [0.25, 0.3) is 0 Å². The molecule has 0 unspecified atom stereocenters. The van der Waals surface area contributed by atoms with Gasteiger partial charge in [0.05, 0.1) is 0 Å². The van der Waals surface area contributed by atoms with E-state index in [1.807, 2.05) is 24.3 Å². The summed E-state index contributed by atoms with van der Waals surface area (Å²) in [6, 6.07) is 33.1. The molecule has 4 aromatic rings. The van der Waals surface area contributed by atoms with Gasteiger partial charge in [-0.25, -0.2) is 8.42 Å². The highest BCUT2D eigenvalue weighted by molar-refractivity contribution is 8.01. The molecule has 0 aromatic heterocycles. The topological polar surface area (TPSA) is 34.1 Å². The van der Waals surface area contributed by atoms with E-state index in [1.54, 1.807) is 0 Å². The van der Waals surface area contributed by atoms with Crippen molar-refractivity contribution in [2.45, 2.75) is 21.3 Å². The average Bonchev–Trinajstić information content (AvgIpc) is 3.23. The maximum atomic E-state index is 14.6. The predicted molar refractivity (Wildman–Crippen MR) is 120 cm³/mol. The fraction of sp³-hybridized carbons (Fsp3) is 0.143. The summed E-state index contributed by atoms with van der Waals surface area (Å²) < 4.78 is 27.1. The van der Waals surface area contributed by atoms with Crippen LogP contribution >= 0.6 is 0 Å². The minimum absolute atomic E-state index is 0.0921. The van der Waals surface area contributed by atoms with E-state index in [-0.39, 0.29) is 11.8 Å². The molecule has 1 saturated heterocycles. The highest BCUT2D eigenvalue weighted by Crippen LogP contribution is 2.82. The van der Waals surface area contributed by atoms with Gasteiger partial charge in [-0.3, -0.25) is 0 Å². The Morgan fingerprint density at radius 1 is 0.452 bits per heavy atom. The molecule has 11 rings (SSSR count). The van der Waals surface area contributed by atoms with E-state index >= 15 is 0 Å². The molecule has 0 N–H and O–H groups in total. The first-order valence-corrected chi connectivity index (χ1v) is 12.3. The molecule has 4 bridgehead atoms. The Kier molecular flexibility index (Phi) is 2.58. The molecule has 1 fully saturated rings. The fourth-order valence-electron chi connectivity index (χ4n) is 7.44. The summed E-state index contributed by atoms with van der Waals surface area (Å²) in [5, 5.41) is 0. The molecule has 0 atom stereocenters. The lowest BCUT2D eigenvalue weighted by atomic mass is 9.53. The number of hydrogen-bond donors (Lipinski definition) is 0. The smallest absolute Gasteiger partial charge is 0.182 e. The largest absolute Gasteiger partial charge is 0.226 e. The second kappa shape index (κ2) is 4.84. The third-order valence-electron chi connectivity index (χ3n) is 8.29. The van der Waals surface area contributed by atoms with Crippen molar-refractivity contribution in [2.24, 2.45) is 0 Å². The molecule has 2 spiro atoms. The van der Waals surface area contributed by atoms with Gasteiger partial charge in [-0.1, -0.05) is 97.1 Å². The van der Waals surface area contributed by atoms with E-state index in [2.05, 4.69) is 72.8 Å². The van der Waals surface area contributed by atoms with Crippen LogP contribution in [-0.4, -0.2) is 8.42 Å². The summed E-state index contributed by atoms with van der Waals surface area (Å²) in [6.07, 6.45) is 0. The van der Waals surface area contributed by atoms with Crippen molar-refractivity contribution < 1.29 is 8.42 Å². The van der Waals surface area contributed by atoms with Crippen molar-refractivity contribution >= 4 is 9.84 Å². The number of hydrogen-bond acceptors (Lipinski definition) is 2. The summed E-state index contributed by atoms with van der Waals surface area (Å²) >= 11 is 0. The van der Waals surface area contributed by atoms with Crippen LogP contribution < -0.4 is 0 Å². The maximum Gasteiger partial charge on any atom is 0.182 e. The molecule has 7 aliphatic rings. The van der Waals surface area contributed by atoms with Crippen LogP contribution in [0, 0.1) is 0 Å². The van der Waals surface area contributed by atoms with Crippen molar-refractivity contribution in [2.75, 3.05) is 0 Å². The third kappa shape index (κ3) is 1.37. The normalized spacial score (nSPS) is 31.4. The molecular formula is C28H18O2S. The number of sulfone groups is 1. The van der Waals surface area contributed by atoms with Crippen LogP contribution in [-0.2, 0) is 19.3 Å². The predicted octanol–water partition coefficient (Wildman–Crippen LogP) is 5.21. The lowest BCUT2D eigenvalue weighted by molar-refractivity contribution is 0.527. The SMILES string of the molecule is O=S1(=O)C23c4ccccc4C(c4ccccc42)C2c4ccccc4C31c1ccccc12. The van der Waals surface area contributed by atoms with Crippen LogP contribution in [0.3, 0.4) is 0 Å². The average molecular weight is 419 g/mol. The van der Waals surface area contributed by atoms with Crippen molar-refractivity contribution in [1.29, 1.82) is 0 Å². The van der Waals surface area contributed by atoms with Crippen LogP contribution in [0.1, 0.15) is 56.3 Å². The van der Waals surface area contributed by atoms with Gasteiger partial charge in [-0.15, -0.1) is 0 Å². The van der Waals surface area contributed by atoms with Gasteiger partial charge in [0.15, 0.2) is 19.3 Å². The van der Waals surface area contributed by atoms with Gasteiger partial charge >= 0.3 is 0 Å². The van der Waals surface area contributed by atoms with Crippen LogP contribution in [0.25, 0.3) is 0 Å². The Morgan fingerprint density at radius 2 is 0.710 bits per heavy atom. The molecule has 3 heteroatoms. The van der Waals surface area contributed by atoms with E-state index in [9.17, 15) is 8.42 Å². The van der Waals surface area contributed by atoms with Crippen molar-refractivity contribution in [3.63, 3.8) is 0 Å². The summed E-state index contributed by atoms with van der Waals surface area (Å²) in [4.78, 5) is 0. The summed E-state index contributed by atoms with van der Waals surface area (Å²) in [6.45, 7) is 0. The summed E-state index contributed by atoms with van der Waals surface area (Å²) in [5.74, 6) is 0.184. The number of rotatable bonds is 0. The quantitative estimate of drug-likeness (QED) is 0.368. The Labute approximate surface area is 181 Å². The van der Waals surface area contributed by atoms with Gasteiger partial charge in [0.1, 0.15) is 0 Å². The van der Waals surface area contributed by atoms with E-state index in [1.165, 1.54) is 22.3 Å². The Hall–Kier alpha value is -3.17. The molecule has 148 valence electrons. The Morgan fingerprint density at radius 3 is 1.00 bits per heavy atom. The minimum atomic E-state index is -3.58. The van der Waals surface area contributed by atoms with Gasteiger partial charge < -0.3 is 0 Å². The molecule has 0 saturated carbocycles. The van der Waals surface area contributed by atoms with Gasteiger partial charge in [0, 0.05) is 11.8 Å². The molecule has 0 amide bonds. The lowest BCUT2D eigenvalue weighted by Gasteiger charge is -2.47. The Balaban J connectivity index is 1.72. The first-order valence-electron chi connectivity index (χ1n) is 10.8. The molecule has 6 aliphatic carbocycles. The zero-order valence-electron chi connectivity index (χ0n) is 16.6. The van der Waals surface area contributed by atoms with E-state index in [4.69, 9.17) is 0 Å². The van der Waals surface area contributed by atoms with Crippen molar-refractivity contribution in [3.05, 3.63) is 142 Å². The first-order chi connectivity index (χ1) is 15.2. The van der Waals surface area contributed by atoms with Crippen LogP contribution in [0.5, 0.6) is 0 Å². The standard InChI is InChI=1S/C28H18O2S/c29-31(30)27-21-13-5-1-9-17(21)25(18-10-2-6-14-22(18)27)26-19-11-3-7-15-23(19)28(27,31)24-16-8-4-12-20(24)26/h1-16,25-26H. The second-order valence-corrected chi connectivity index (χ2v) is 11.4. The molecule has 2 nitrogen and oxygen atoms in total. The summed E-state index contributed by atoms with van der Waals surface area (Å²) in [5.41, 5.74) is 8.59. The van der Waals surface area contributed by atoms with E-state index in [0.717, 1.165) is 22.3 Å². The molecule has 4 aromatic carbocycles. The highest BCUT2D eigenvalue weighted by Gasteiger charge is 2.90. The molecule has 1 heterocycles. The van der Waals surface area contributed by atoms with Gasteiger partial charge in [0.2, 0.25) is 0 Å². The number of benzene rings is 4. The maximum absolute atomic E-state index is 14.6. The zero-order chi connectivity index (χ0) is 20.6.